The summed E-state index contributed by atoms with van der Waals surface area (Å²) in [4.78, 5) is 10.9. The summed E-state index contributed by atoms with van der Waals surface area (Å²) in [7, 11) is 1.79. The maximum atomic E-state index is 13.2. The highest BCUT2D eigenvalue weighted by Gasteiger charge is 2.11. The second-order valence-electron chi connectivity index (χ2n) is 3.65. The van der Waals surface area contributed by atoms with Crippen LogP contribution in [0.5, 0.6) is 0 Å². The van der Waals surface area contributed by atoms with E-state index in [0.717, 1.165) is 17.5 Å². The highest BCUT2D eigenvalue weighted by molar-refractivity contribution is 5.87. The smallest absolute Gasteiger partial charge is 0.150 e. The lowest BCUT2D eigenvalue weighted by molar-refractivity contribution is 0.112. The van der Waals surface area contributed by atoms with E-state index in [1.54, 1.807) is 17.9 Å². The van der Waals surface area contributed by atoms with Gasteiger partial charge in [0.25, 0.3) is 0 Å². The van der Waals surface area contributed by atoms with E-state index in [0.29, 0.717) is 11.1 Å². The molecule has 0 bridgehead atoms. The van der Waals surface area contributed by atoms with Gasteiger partial charge in [-0.2, -0.15) is 5.10 Å². The van der Waals surface area contributed by atoms with Crippen LogP contribution in [0.1, 0.15) is 16.1 Å². The van der Waals surface area contributed by atoms with Crippen molar-refractivity contribution in [3.63, 3.8) is 0 Å². The number of aryl methyl sites for hydroxylation is 2. The zero-order valence-electron chi connectivity index (χ0n) is 9.07. The van der Waals surface area contributed by atoms with Crippen LogP contribution in [-0.4, -0.2) is 16.1 Å². The lowest BCUT2D eigenvalue weighted by Crippen LogP contribution is -1.89. The van der Waals surface area contributed by atoms with E-state index in [1.807, 2.05) is 6.92 Å². The first kappa shape index (κ1) is 10.5. The summed E-state index contributed by atoms with van der Waals surface area (Å²) in [5, 5.41) is 4.17. The van der Waals surface area contributed by atoms with Gasteiger partial charge < -0.3 is 0 Å². The maximum absolute atomic E-state index is 13.2. The second-order valence-corrected chi connectivity index (χ2v) is 3.65. The molecule has 0 saturated carbocycles. The maximum Gasteiger partial charge on any atom is 0.150 e. The van der Waals surface area contributed by atoms with Gasteiger partial charge in [0, 0.05) is 24.4 Å². The summed E-state index contributed by atoms with van der Waals surface area (Å²) in [6.45, 7) is 1.83. The van der Waals surface area contributed by atoms with Gasteiger partial charge in [-0.15, -0.1) is 0 Å². The van der Waals surface area contributed by atoms with E-state index in [2.05, 4.69) is 5.10 Å². The number of aromatic nitrogens is 2. The molecule has 2 rings (SSSR count). The molecule has 0 atom stereocenters. The molecule has 0 spiro atoms. The van der Waals surface area contributed by atoms with Crippen molar-refractivity contribution in [2.45, 2.75) is 6.92 Å². The fourth-order valence-corrected chi connectivity index (χ4v) is 1.73. The molecule has 0 aliphatic carbocycles. The zero-order chi connectivity index (χ0) is 11.7. The molecule has 0 fully saturated rings. The van der Waals surface area contributed by atoms with Gasteiger partial charge in [0.2, 0.25) is 0 Å². The third-order valence-corrected chi connectivity index (χ3v) is 2.45. The number of rotatable bonds is 2. The van der Waals surface area contributed by atoms with Crippen LogP contribution in [0.25, 0.3) is 11.1 Å². The van der Waals surface area contributed by atoms with E-state index in [1.165, 1.54) is 18.2 Å². The zero-order valence-corrected chi connectivity index (χ0v) is 9.07. The Kier molecular flexibility index (Phi) is 2.56. The minimum atomic E-state index is -0.358. The quantitative estimate of drug-likeness (QED) is 0.725. The van der Waals surface area contributed by atoms with Gasteiger partial charge in [-0.25, -0.2) is 4.39 Å². The van der Waals surface area contributed by atoms with Crippen LogP contribution in [0.3, 0.4) is 0 Å². The number of nitrogens with zero attached hydrogens (tertiary/aromatic N) is 2. The van der Waals surface area contributed by atoms with Crippen molar-refractivity contribution in [3.8, 4) is 11.1 Å². The lowest BCUT2D eigenvalue weighted by atomic mass is 10.0. The second kappa shape index (κ2) is 3.89. The van der Waals surface area contributed by atoms with Gasteiger partial charge in [-0.3, -0.25) is 9.48 Å². The molecule has 2 aromatic rings. The van der Waals surface area contributed by atoms with Crippen molar-refractivity contribution in [1.29, 1.82) is 0 Å². The predicted octanol–water partition coefficient (Wildman–Crippen LogP) is 2.35. The van der Waals surface area contributed by atoms with Gasteiger partial charge in [-0.05, 0) is 30.7 Å². The Morgan fingerprint density at radius 3 is 2.69 bits per heavy atom. The van der Waals surface area contributed by atoms with E-state index in [9.17, 15) is 9.18 Å². The average molecular weight is 218 g/mol. The first-order chi connectivity index (χ1) is 7.61. The van der Waals surface area contributed by atoms with Crippen LogP contribution in [0.2, 0.25) is 0 Å². The number of hydrogen-bond acceptors (Lipinski definition) is 2. The summed E-state index contributed by atoms with van der Waals surface area (Å²) >= 11 is 0. The molecule has 1 heterocycles. The number of hydrogen-bond donors (Lipinski definition) is 0. The van der Waals surface area contributed by atoms with Crippen LogP contribution in [0.4, 0.5) is 4.39 Å². The largest absolute Gasteiger partial charge is 0.298 e. The fraction of sp³-hybridized carbons (Fsp3) is 0.167. The summed E-state index contributed by atoms with van der Waals surface area (Å²) in [5.41, 5.74) is 2.61. The Morgan fingerprint density at radius 2 is 2.12 bits per heavy atom. The van der Waals surface area contributed by atoms with Crippen LogP contribution in [-0.2, 0) is 7.05 Å². The molecule has 0 amide bonds. The Hall–Kier alpha value is -1.97. The van der Waals surface area contributed by atoms with Gasteiger partial charge in [0.15, 0.2) is 6.29 Å². The Balaban J connectivity index is 2.66. The summed E-state index contributed by atoms with van der Waals surface area (Å²) in [6.07, 6.45) is 2.50. The number of aldehydes is 1. The minimum Gasteiger partial charge on any atom is -0.298 e. The van der Waals surface area contributed by atoms with Gasteiger partial charge in [0.05, 0.1) is 5.69 Å². The molecular weight excluding hydrogens is 207 g/mol. The number of halogens is 1. The molecule has 0 N–H and O–H groups in total. The van der Waals surface area contributed by atoms with Crippen LogP contribution in [0, 0.1) is 12.7 Å². The van der Waals surface area contributed by atoms with Crippen LogP contribution >= 0.6 is 0 Å². The van der Waals surface area contributed by atoms with E-state index in [4.69, 9.17) is 0 Å². The molecule has 0 radical (unpaired) electrons. The highest BCUT2D eigenvalue weighted by Crippen LogP contribution is 2.26. The predicted molar refractivity (Wildman–Crippen MR) is 58.7 cm³/mol. The van der Waals surface area contributed by atoms with E-state index < -0.39 is 0 Å². The Labute approximate surface area is 92.5 Å². The van der Waals surface area contributed by atoms with Gasteiger partial charge >= 0.3 is 0 Å². The standard InChI is InChI=1S/C12H11FN2O/c1-8-12(6-15(2)14-8)11-5-10(13)4-3-9(11)7-16/h3-7H,1-2H3. The SMILES string of the molecule is Cc1nn(C)cc1-c1cc(F)ccc1C=O. The summed E-state index contributed by atoms with van der Waals surface area (Å²) < 4.78 is 14.8. The third-order valence-electron chi connectivity index (χ3n) is 2.45. The molecule has 0 aliphatic rings. The fourth-order valence-electron chi connectivity index (χ4n) is 1.73. The average Bonchev–Trinajstić information content (AvgIpc) is 2.57. The molecule has 1 aromatic heterocycles. The van der Waals surface area contributed by atoms with Gasteiger partial charge in [0.1, 0.15) is 5.82 Å². The first-order valence-electron chi connectivity index (χ1n) is 4.87. The minimum absolute atomic E-state index is 0.358. The van der Waals surface area contributed by atoms with Crippen molar-refractivity contribution in [2.24, 2.45) is 7.05 Å². The van der Waals surface area contributed by atoms with Crippen molar-refractivity contribution < 1.29 is 9.18 Å². The molecule has 82 valence electrons. The van der Waals surface area contributed by atoms with Crippen molar-refractivity contribution >= 4 is 6.29 Å². The molecule has 4 heteroatoms. The monoisotopic (exact) mass is 218 g/mol. The van der Waals surface area contributed by atoms with Gasteiger partial charge in [-0.1, -0.05) is 0 Å². The molecule has 0 unspecified atom stereocenters. The number of carbonyl (C=O) groups excluding carboxylic acids is 1. The molecular formula is C12H11FN2O. The topological polar surface area (TPSA) is 34.9 Å². The molecule has 0 saturated heterocycles. The van der Waals surface area contributed by atoms with E-state index in [-0.39, 0.29) is 5.82 Å². The normalized spacial score (nSPS) is 10.4. The Morgan fingerprint density at radius 1 is 1.38 bits per heavy atom. The van der Waals surface area contributed by atoms with Crippen molar-refractivity contribution in [3.05, 3.63) is 41.5 Å². The lowest BCUT2D eigenvalue weighted by Gasteiger charge is -2.03. The van der Waals surface area contributed by atoms with Crippen molar-refractivity contribution in [2.75, 3.05) is 0 Å². The molecule has 0 aliphatic heterocycles. The third kappa shape index (κ3) is 1.74. The first-order valence-corrected chi connectivity index (χ1v) is 4.87. The number of carbonyl (C=O) groups is 1. The highest BCUT2D eigenvalue weighted by atomic mass is 19.1. The molecule has 16 heavy (non-hydrogen) atoms. The summed E-state index contributed by atoms with van der Waals surface area (Å²) in [6, 6.07) is 4.11. The van der Waals surface area contributed by atoms with Crippen LogP contribution < -0.4 is 0 Å². The number of benzene rings is 1. The molecule has 1 aromatic carbocycles. The summed E-state index contributed by atoms with van der Waals surface area (Å²) in [5.74, 6) is -0.358. The molecule has 3 nitrogen and oxygen atoms in total. The van der Waals surface area contributed by atoms with Crippen molar-refractivity contribution in [1.82, 2.24) is 9.78 Å². The van der Waals surface area contributed by atoms with Crippen LogP contribution in [0.15, 0.2) is 24.4 Å². The Bertz CT molecular complexity index is 546. The van der Waals surface area contributed by atoms with E-state index >= 15 is 0 Å².